The Bertz CT molecular complexity index is 551. The quantitative estimate of drug-likeness (QED) is 0.855. The number of nitrogens with two attached hydrogens (primary N) is 1. The van der Waals surface area contributed by atoms with Gasteiger partial charge in [-0.25, -0.2) is 0 Å². The van der Waals surface area contributed by atoms with E-state index in [1.165, 1.54) is 23.2 Å². The highest BCUT2D eigenvalue weighted by atomic mass is 15.1. The van der Waals surface area contributed by atoms with Crippen molar-refractivity contribution in [2.24, 2.45) is 0 Å². The van der Waals surface area contributed by atoms with Crippen molar-refractivity contribution in [3.8, 4) is 0 Å². The van der Waals surface area contributed by atoms with Gasteiger partial charge in [0.15, 0.2) is 0 Å². The first kappa shape index (κ1) is 12.0. The molecule has 1 aromatic carbocycles. The van der Waals surface area contributed by atoms with E-state index in [-0.39, 0.29) is 0 Å². The minimum atomic E-state index is 0.868. The van der Waals surface area contributed by atoms with Gasteiger partial charge in [0.25, 0.3) is 0 Å². The molecule has 1 aromatic heterocycles. The van der Waals surface area contributed by atoms with Crippen LogP contribution in [0.25, 0.3) is 0 Å². The maximum absolute atomic E-state index is 5.87. The SMILES string of the molecule is Nc1ccc2c(c1)CCCN2CCc1cccnc1. The number of aryl methyl sites for hydroxylation is 1. The predicted octanol–water partition coefficient (Wildman–Crippen LogP) is 2.66. The third kappa shape index (κ3) is 2.70. The van der Waals surface area contributed by atoms with Crippen LogP contribution in [0.15, 0.2) is 42.7 Å². The molecule has 19 heavy (non-hydrogen) atoms. The van der Waals surface area contributed by atoms with Gasteiger partial charge < -0.3 is 10.6 Å². The fourth-order valence-corrected chi connectivity index (χ4v) is 2.74. The molecular weight excluding hydrogens is 234 g/mol. The minimum absolute atomic E-state index is 0.868. The van der Waals surface area contributed by atoms with Crippen LogP contribution in [-0.4, -0.2) is 18.1 Å². The molecule has 0 radical (unpaired) electrons. The fourth-order valence-electron chi connectivity index (χ4n) is 2.74. The van der Waals surface area contributed by atoms with Gasteiger partial charge in [0.1, 0.15) is 0 Å². The van der Waals surface area contributed by atoms with Gasteiger partial charge in [0, 0.05) is 36.9 Å². The highest BCUT2D eigenvalue weighted by Crippen LogP contribution is 2.28. The van der Waals surface area contributed by atoms with Gasteiger partial charge in [0.05, 0.1) is 0 Å². The van der Waals surface area contributed by atoms with E-state index < -0.39 is 0 Å². The lowest BCUT2D eigenvalue weighted by Gasteiger charge is -2.31. The molecule has 98 valence electrons. The van der Waals surface area contributed by atoms with E-state index in [2.05, 4.69) is 28.1 Å². The van der Waals surface area contributed by atoms with Crippen LogP contribution in [0.5, 0.6) is 0 Å². The summed E-state index contributed by atoms with van der Waals surface area (Å²) in [6.45, 7) is 2.18. The van der Waals surface area contributed by atoms with Crippen LogP contribution < -0.4 is 10.6 Å². The summed E-state index contributed by atoms with van der Waals surface area (Å²) in [7, 11) is 0. The largest absolute Gasteiger partial charge is 0.399 e. The Morgan fingerprint density at radius 3 is 3.05 bits per heavy atom. The van der Waals surface area contributed by atoms with Crippen molar-refractivity contribution in [2.45, 2.75) is 19.3 Å². The molecule has 3 rings (SSSR count). The van der Waals surface area contributed by atoms with Crippen molar-refractivity contribution in [3.63, 3.8) is 0 Å². The molecule has 0 atom stereocenters. The van der Waals surface area contributed by atoms with Gasteiger partial charge in [-0.2, -0.15) is 0 Å². The summed E-state index contributed by atoms with van der Waals surface area (Å²) < 4.78 is 0. The number of pyridine rings is 1. The number of hydrogen-bond donors (Lipinski definition) is 1. The molecule has 0 saturated heterocycles. The Balaban J connectivity index is 1.73. The number of benzene rings is 1. The molecule has 0 unspecified atom stereocenters. The average molecular weight is 253 g/mol. The van der Waals surface area contributed by atoms with E-state index in [4.69, 9.17) is 5.73 Å². The molecule has 3 nitrogen and oxygen atoms in total. The third-order valence-electron chi connectivity index (χ3n) is 3.71. The number of hydrogen-bond acceptors (Lipinski definition) is 3. The second-order valence-electron chi connectivity index (χ2n) is 5.09. The second-order valence-corrected chi connectivity index (χ2v) is 5.09. The van der Waals surface area contributed by atoms with Gasteiger partial charge in [-0.3, -0.25) is 4.98 Å². The minimum Gasteiger partial charge on any atom is -0.399 e. The maximum Gasteiger partial charge on any atom is 0.0400 e. The van der Waals surface area contributed by atoms with E-state index in [1.54, 1.807) is 0 Å². The molecule has 2 N–H and O–H groups in total. The Morgan fingerprint density at radius 2 is 2.21 bits per heavy atom. The standard InChI is InChI=1S/C16H19N3/c17-15-5-6-16-14(11-15)4-2-9-19(16)10-7-13-3-1-8-18-12-13/h1,3,5-6,8,11-12H,2,4,7,9-10,17H2. The first-order chi connectivity index (χ1) is 9.33. The van der Waals surface area contributed by atoms with Crippen LogP contribution in [0.4, 0.5) is 11.4 Å². The van der Waals surface area contributed by atoms with Gasteiger partial charge in [-0.1, -0.05) is 6.07 Å². The topological polar surface area (TPSA) is 42.1 Å². The molecule has 0 saturated carbocycles. The number of nitrogens with zero attached hydrogens (tertiary/aromatic N) is 2. The molecule has 1 aliphatic rings. The van der Waals surface area contributed by atoms with Crippen molar-refractivity contribution in [3.05, 3.63) is 53.9 Å². The Labute approximate surface area is 114 Å². The Kier molecular flexibility index (Phi) is 3.36. The Morgan fingerprint density at radius 1 is 1.26 bits per heavy atom. The van der Waals surface area contributed by atoms with Crippen molar-refractivity contribution >= 4 is 11.4 Å². The molecule has 3 heteroatoms. The molecule has 0 aliphatic carbocycles. The number of nitrogen functional groups attached to an aromatic ring is 1. The molecule has 0 fully saturated rings. The van der Waals surface area contributed by atoms with Crippen LogP contribution in [0.1, 0.15) is 17.5 Å². The van der Waals surface area contributed by atoms with Gasteiger partial charge in [-0.05, 0) is 54.7 Å². The molecular formula is C16H19N3. The molecule has 2 aromatic rings. The summed E-state index contributed by atoms with van der Waals surface area (Å²) in [4.78, 5) is 6.63. The number of anilines is 2. The predicted molar refractivity (Wildman–Crippen MR) is 79.3 cm³/mol. The smallest absolute Gasteiger partial charge is 0.0400 e. The van der Waals surface area contributed by atoms with E-state index in [0.29, 0.717) is 0 Å². The highest BCUT2D eigenvalue weighted by molar-refractivity contribution is 5.61. The zero-order chi connectivity index (χ0) is 13.1. The van der Waals surface area contributed by atoms with Crippen molar-refractivity contribution in [1.82, 2.24) is 4.98 Å². The van der Waals surface area contributed by atoms with E-state index >= 15 is 0 Å². The summed E-state index contributed by atoms with van der Waals surface area (Å²) in [6.07, 6.45) is 7.17. The number of fused-ring (bicyclic) bond motifs is 1. The highest BCUT2D eigenvalue weighted by Gasteiger charge is 2.16. The van der Waals surface area contributed by atoms with Gasteiger partial charge in [-0.15, -0.1) is 0 Å². The zero-order valence-electron chi connectivity index (χ0n) is 11.0. The van der Waals surface area contributed by atoms with Crippen molar-refractivity contribution in [1.29, 1.82) is 0 Å². The Hall–Kier alpha value is -2.03. The first-order valence-corrected chi connectivity index (χ1v) is 6.85. The second kappa shape index (κ2) is 5.31. The van der Waals surface area contributed by atoms with Crippen LogP contribution in [0.3, 0.4) is 0 Å². The molecule has 0 amide bonds. The molecule has 2 heterocycles. The van der Waals surface area contributed by atoms with Gasteiger partial charge in [0.2, 0.25) is 0 Å². The molecule has 1 aliphatic heterocycles. The van der Waals surface area contributed by atoms with Crippen molar-refractivity contribution < 1.29 is 0 Å². The summed E-state index contributed by atoms with van der Waals surface area (Å²) in [5.41, 5.74) is 10.8. The monoisotopic (exact) mass is 253 g/mol. The van der Waals surface area contributed by atoms with E-state index in [9.17, 15) is 0 Å². The van der Waals surface area contributed by atoms with Crippen LogP contribution in [-0.2, 0) is 12.8 Å². The van der Waals surface area contributed by atoms with Crippen LogP contribution >= 0.6 is 0 Å². The molecule has 0 bridgehead atoms. The number of rotatable bonds is 3. The normalized spacial score (nSPS) is 14.2. The maximum atomic E-state index is 5.87. The average Bonchev–Trinajstić information content (AvgIpc) is 2.45. The van der Waals surface area contributed by atoms with Gasteiger partial charge >= 0.3 is 0 Å². The lowest BCUT2D eigenvalue weighted by molar-refractivity contribution is 0.687. The first-order valence-electron chi connectivity index (χ1n) is 6.85. The summed E-state index contributed by atoms with van der Waals surface area (Å²) in [5, 5.41) is 0. The fraction of sp³-hybridized carbons (Fsp3) is 0.312. The van der Waals surface area contributed by atoms with Crippen molar-refractivity contribution in [2.75, 3.05) is 23.7 Å². The third-order valence-corrected chi connectivity index (χ3v) is 3.71. The lowest BCUT2D eigenvalue weighted by Crippen LogP contribution is -2.31. The summed E-state index contributed by atoms with van der Waals surface area (Å²) in [5.74, 6) is 0. The summed E-state index contributed by atoms with van der Waals surface area (Å²) >= 11 is 0. The van der Waals surface area contributed by atoms with E-state index in [0.717, 1.165) is 31.6 Å². The summed E-state index contributed by atoms with van der Waals surface area (Å²) in [6, 6.07) is 10.4. The van der Waals surface area contributed by atoms with Crippen LogP contribution in [0, 0.1) is 0 Å². The van der Waals surface area contributed by atoms with E-state index in [1.807, 2.05) is 24.5 Å². The number of aromatic nitrogens is 1. The lowest BCUT2D eigenvalue weighted by atomic mass is 10.0. The zero-order valence-corrected chi connectivity index (χ0v) is 11.0. The molecule has 0 spiro atoms. The van der Waals surface area contributed by atoms with Crippen LogP contribution in [0.2, 0.25) is 0 Å².